The molecule has 0 spiro atoms. The van der Waals surface area contributed by atoms with Crippen LogP contribution in [-0.2, 0) is 11.3 Å². The molecule has 30 heavy (non-hydrogen) atoms. The molecule has 0 unspecified atom stereocenters. The van der Waals surface area contributed by atoms with Gasteiger partial charge in [0, 0.05) is 33.7 Å². The molecule has 2 heterocycles. The fraction of sp³-hybridized carbons (Fsp3) is 0.143. The highest BCUT2D eigenvalue weighted by molar-refractivity contribution is 7.99. The first kappa shape index (κ1) is 20.3. The van der Waals surface area contributed by atoms with Crippen LogP contribution in [0.2, 0.25) is 5.02 Å². The average Bonchev–Trinajstić information content (AvgIpc) is 3.14. The van der Waals surface area contributed by atoms with Gasteiger partial charge in [0.25, 0.3) is 0 Å². The van der Waals surface area contributed by atoms with E-state index < -0.39 is 0 Å². The largest absolute Gasteiger partial charge is 0.293 e. The Kier molecular flexibility index (Phi) is 6.25. The summed E-state index contributed by atoms with van der Waals surface area (Å²) in [6, 6.07) is 13.8. The Bertz CT molecular complexity index is 1200. The lowest BCUT2D eigenvalue weighted by Gasteiger charge is -2.06. The molecule has 0 bridgehead atoms. The number of amides is 1. The van der Waals surface area contributed by atoms with Crippen molar-refractivity contribution in [2.24, 2.45) is 0 Å². The van der Waals surface area contributed by atoms with E-state index in [9.17, 15) is 9.18 Å². The zero-order valence-corrected chi connectivity index (χ0v) is 17.3. The Morgan fingerprint density at radius 3 is 2.93 bits per heavy atom. The van der Waals surface area contributed by atoms with Gasteiger partial charge in [-0.15, -0.1) is 16.9 Å². The number of carbonyl (C=O) groups is 1. The van der Waals surface area contributed by atoms with Crippen LogP contribution in [0.1, 0.15) is 12.0 Å². The molecule has 6 nitrogen and oxygen atoms in total. The van der Waals surface area contributed by atoms with Crippen LogP contribution in [0.4, 0.5) is 10.3 Å². The molecule has 0 aliphatic carbocycles. The maximum absolute atomic E-state index is 13.3. The summed E-state index contributed by atoms with van der Waals surface area (Å²) in [6.45, 7) is 0.371. The summed E-state index contributed by atoms with van der Waals surface area (Å²) in [4.78, 5) is 21.7. The summed E-state index contributed by atoms with van der Waals surface area (Å²) in [5, 5.41) is 8.55. The topological polar surface area (TPSA) is 72.7 Å². The fourth-order valence-corrected chi connectivity index (χ4v) is 4.07. The lowest BCUT2D eigenvalue weighted by atomic mass is 10.2. The van der Waals surface area contributed by atoms with Crippen LogP contribution in [0.25, 0.3) is 10.9 Å². The van der Waals surface area contributed by atoms with Crippen LogP contribution in [0, 0.1) is 5.82 Å². The summed E-state index contributed by atoms with van der Waals surface area (Å²) in [6.07, 6.45) is 3.54. The molecule has 0 saturated carbocycles. The number of anilines is 1. The minimum absolute atomic E-state index is 0.174. The van der Waals surface area contributed by atoms with Crippen molar-refractivity contribution < 1.29 is 9.18 Å². The monoisotopic (exact) mass is 441 g/mol. The second-order valence-electron chi connectivity index (χ2n) is 6.51. The molecule has 2 aromatic carbocycles. The maximum Gasteiger partial charge on any atom is 0.248 e. The lowest BCUT2D eigenvalue weighted by Crippen LogP contribution is -2.13. The summed E-state index contributed by atoms with van der Waals surface area (Å²) < 4.78 is 14.8. The van der Waals surface area contributed by atoms with Crippen molar-refractivity contribution in [3.8, 4) is 0 Å². The van der Waals surface area contributed by atoms with Gasteiger partial charge in [0.2, 0.25) is 11.9 Å². The smallest absolute Gasteiger partial charge is 0.248 e. The number of hydrogen-bond acceptors (Lipinski definition) is 5. The van der Waals surface area contributed by atoms with Crippen LogP contribution >= 0.6 is 23.4 Å². The molecule has 0 atom stereocenters. The van der Waals surface area contributed by atoms with Gasteiger partial charge >= 0.3 is 0 Å². The van der Waals surface area contributed by atoms with Crippen LogP contribution in [-0.4, -0.2) is 31.4 Å². The molecule has 1 amide bonds. The van der Waals surface area contributed by atoms with E-state index in [2.05, 4.69) is 20.4 Å². The van der Waals surface area contributed by atoms with Crippen molar-refractivity contribution in [3.63, 3.8) is 0 Å². The third-order valence-electron chi connectivity index (χ3n) is 4.27. The van der Waals surface area contributed by atoms with Gasteiger partial charge in [-0.05, 0) is 35.9 Å². The van der Waals surface area contributed by atoms with Crippen molar-refractivity contribution >= 4 is 46.1 Å². The number of pyridine rings is 1. The first-order valence-electron chi connectivity index (χ1n) is 9.18. The van der Waals surface area contributed by atoms with Gasteiger partial charge in [0.15, 0.2) is 0 Å². The average molecular weight is 442 g/mol. The first-order valence-corrected chi connectivity index (χ1v) is 10.5. The molecule has 4 rings (SSSR count). The molecule has 0 fully saturated rings. The first-order chi connectivity index (χ1) is 14.6. The highest BCUT2D eigenvalue weighted by Gasteiger charge is 2.09. The fourth-order valence-electron chi connectivity index (χ4n) is 2.91. The molecule has 0 radical (unpaired) electrons. The van der Waals surface area contributed by atoms with Gasteiger partial charge in [-0.25, -0.2) is 14.1 Å². The standard InChI is InChI=1S/C21H17ClFN5OS/c22-15-4-5-17-18(11-15)24-8-6-19(17)30-9-7-20(29)26-21-25-13-28(27-21)12-14-2-1-3-16(23)10-14/h1-6,8,10-11,13H,7,9,12H2,(H,26,27,29). The quantitative estimate of drug-likeness (QED) is 0.417. The molecule has 0 saturated heterocycles. The van der Waals surface area contributed by atoms with Crippen LogP contribution in [0.5, 0.6) is 0 Å². The SMILES string of the molecule is O=C(CCSc1ccnc2cc(Cl)ccc12)Nc1ncn(Cc2cccc(F)c2)n1. The van der Waals surface area contributed by atoms with E-state index in [1.807, 2.05) is 24.3 Å². The number of hydrogen-bond donors (Lipinski definition) is 1. The Morgan fingerprint density at radius 1 is 1.17 bits per heavy atom. The Labute approximate surface area is 181 Å². The summed E-state index contributed by atoms with van der Waals surface area (Å²) in [5.74, 6) is 0.346. The predicted octanol–water partition coefficient (Wildman–Crippen LogP) is 4.79. The number of halogens is 2. The molecule has 152 valence electrons. The van der Waals surface area contributed by atoms with Gasteiger partial charge in [-0.1, -0.05) is 29.8 Å². The number of fused-ring (bicyclic) bond motifs is 1. The van der Waals surface area contributed by atoms with Gasteiger partial charge < -0.3 is 0 Å². The van der Waals surface area contributed by atoms with Crippen LogP contribution < -0.4 is 5.32 Å². The van der Waals surface area contributed by atoms with E-state index in [4.69, 9.17) is 11.6 Å². The number of carbonyl (C=O) groups excluding carboxylic acids is 1. The number of thioether (sulfide) groups is 1. The van der Waals surface area contributed by atoms with Crippen LogP contribution in [0.3, 0.4) is 0 Å². The van der Waals surface area contributed by atoms with Gasteiger partial charge in [-0.2, -0.15) is 0 Å². The van der Waals surface area contributed by atoms with E-state index in [0.717, 1.165) is 21.4 Å². The molecular formula is C21H17ClFN5OS. The van der Waals surface area contributed by atoms with Crippen molar-refractivity contribution in [3.05, 3.63) is 77.5 Å². The van der Waals surface area contributed by atoms with E-state index in [1.165, 1.54) is 18.5 Å². The van der Waals surface area contributed by atoms with Gasteiger partial charge in [0.05, 0.1) is 12.1 Å². The minimum atomic E-state index is -0.302. The lowest BCUT2D eigenvalue weighted by molar-refractivity contribution is -0.115. The summed E-state index contributed by atoms with van der Waals surface area (Å²) in [5.41, 5.74) is 1.59. The third-order valence-corrected chi connectivity index (χ3v) is 5.58. The zero-order valence-electron chi connectivity index (χ0n) is 15.8. The van der Waals surface area contributed by atoms with Gasteiger partial charge in [0.1, 0.15) is 12.1 Å². The number of nitrogens with one attached hydrogen (secondary N) is 1. The molecule has 1 N–H and O–H groups in total. The second kappa shape index (κ2) is 9.23. The summed E-state index contributed by atoms with van der Waals surface area (Å²) >= 11 is 7.60. The number of nitrogens with zero attached hydrogens (tertiary/aromatic N) is 4. The van der Waals surface area contributed by atoms with E-state index in [-0.39, 0.29) is 17.7 Å². The molecule has 0 aliphatic heterocycles. The molecule has 0 aliphatic rings. The van der Waals surface area contributed by atoms with E-state index in [1.54, 1.807) is 34.8 Å². The van der Waals surface area contributed by atoms with Gasteiger partial charge in [-0.3, -0.25) is 15.1 Å². The minimum Gasteiger partial charge on any atom is -0.293 e. The Morgan fingerprint density at radius 2 is 2.07 bits per heavy atom. The highest BCUT2D eigenvalue weighted by Crippen LogP contribution is 2.28. The Hall–Kier alpha value is -2.97. The number of aromatic nitrogens is 4. The van der Waals surface area contributed by atoms with Crippen LogP contribution in [0.15, 0.2) is 66.0 Å². The number of rotatable bonds is 7. The molecule has 9 heteroatoms. The normalized spacial score (nSPS) is 11.0. The highest BCUT2D eigenvalue weighted by atomic mass is 35.5. The number of benzene rings is 2. The van der Waals surface area contributed by atoms with Crippen molar-refractivity contribution in [2.75, 3.05) is 11.1 Å². The summed E-state index contributed by atoms with van der Waals surface area (Å²) in [7, 11) is 0. The van der Waals surface area contributed by atoms with Crippen molar-refractivity contribution in [1.29, 1.82) is 0 Å². The molecule has 4 aromatic rings. The Balaban J connectivity index is 1.30. The van der Waals surface area contributed by atoms with Crippen molar-refractivity contribution in [1.82, 2.24) is 19.7 Å². The zero-order chi connectivity index (χ0) is 20.9. The van der Waals surface area contributed by atoms with E-state index >= 15 is 0 Å². The third kappa shape index (κ3) is 5.14. The molecular weight excluding hydrogens is 425 g/mol. The molecule has 2 aromatic heterocycles. The van der Waals surface area contributed by atoms with E-state index in [0.29, 0.717) is 23.7 Å². The maximum atomic E-state index is 13.3. The van der Waals surface area contributed by atoms with Crippen molar-refractivity contribution in [2.45, 2.75) is 17.9 Å². The second-order valence-corrected chi connectivity index (χ2v) is 8.09. The predicted molar refractivity (Wildman–Crippen MR) is 116 cm³/mol.